The standard InChI is InChI=1S/C19H23N3O2/c1-14(2)16-7-9-18(10-8-16)22(15(3)23)13-19(24)21-12-17-6-4-5-11-20-17/h4-11,14H,12-13H2,1-3H3,(H,21,24). The summed E-state index contributed by atoms with van der Waals surface area (Å²) in [6.45, 7) is 6.02. The average molecular weight is 325 g/mol. The molecule has 0 aliphatic heterocycles. The van der Waals surface area contributed by atoms with E-state index in [-0.39, 0.29) is 18.4 Å². The summed E-state index contributed by atoms with van der Waals surface area (Å²) >= 11 is 0. The van der Waals surface area contributed by atoms with Crippen LogP contribution in [0.4, 0.5) is 5.69 Å². The third-order valence-corrected chi connectivity index (χ3v) is 3.75. The van der Waals surface area contributed by atoms with Crippen molar-refractivity contribution in [3.8, 4) is 0 Å². The van der Waals surface area contributed by atoms with Gasteiger partial charge in [0.2, 0.25) is 11.8 Å². The fourth-order valence-electron chi connectivity index (χ4n) is 2.31. The molecule has 1 aromatic heterocycles. The molecule has 2 aromatic rings. The Kier molecular flexibility index (Phi) is 6.07. The lowest BCUT2D eigenvalue weighted by molar-refractivity contribution is -0.123. The maximum absolute atomic E-state index is 12.1. The summed E-state index contributed by atoms with van der Waals surface area (Å²) in [6, 6.07) is 13.3. The maximum Gasteiger partial charge on any atom is 0.240 e. The van der Waals surface area contributed by atoms with Crippen molar-refractivity contribution in [1.82, 2.24) is 10.3 Å². The van der Waals surface area contributed by atoms with E-state index in [1.807, 2.05) is 42.5 Å². The van der Waals surface area contributed by atoms with E-state index < -0.39 is 0 Å². The van der Waals surface area contributed by atoms with E-state index in [9.17, 15) is 9.59 Å². The smallest absolute Gasteiger partial charge is 0.240 e. The zero-order valence-corrected chi connectivity index (χ0v) is 14.3. The number of aromatic nitrogens is 1. The second kappa shape index (κ2) is 8.24. The molecule has 0 atom stereocenters. The third kappa shape index (κ3) is 4.91. The van der Waals surface area contributed by atoms with Crippen molar-refractivity contribution < 1.29 is 9.59 Å². The Balaban J connectivity index is 2.00. The van der Waals surface area contributed by atoms with Crippen LogP contribution in [0.1, 0.15) is 37.9 Å². The quantitative estimate of drug-likeness (QED) is 0.888. The molecule has 1 aromatic carbocycles. The molecule has 1 N–H and O–H groups in total. The molecule has 0 bridgehead atoms. The molecule has 0 aliphatic rings. The van der Waals surface area contributed by atoms with Crippen LogP contribution in [0, 0.1) is 0 Å². The lowest BCUT2D eigenvalue weighted by Gasteiger charge is -2.21. The van der Waals surface area contributed by atoms with Gasteiger partial charge in [0.05, 0.1) is 12.2 Å². The van der Waals surface area contributed by atoms with Gasteiger partial charge in [-0.1, -0.05) is 32.0 Å². The van der Waals surface area contributed by atoms with Crippen molar-refractivity contribution in [2.75, 3.05) is 11.4 Å². The Hall–Kier alpha value is -2.69. The van der Waals surface area contributed by atoms with E-state index in [1.165, 1.54) is 17.4 Å². The van der Waals surface area contributed by atoms with Crippen LogP contribution in [0.15, 0.2) is 48.7 Å². The molecule has 0 unspecified atom stereocenters. The number of benzene rings is 1. The first-order valence-corrected chi connectivity index (χ1v) is 8.02. The number of nitrogens with zero attached hydrogens (tertiary/aromatic N) is 2. The monoisotopic (exact) mass is 325 g/mol. The number of nitrogens with one attached hydrogen (secondary N) is 1. The first-order valence-electron chi connectivity index (χ1n) is 8.02. The predicted octanol–water partition coefficient (Wildman–Crippen LogP) is 2.87. The Morgan fingerprint density at radius 1 is 1.12 bits per heavy atom. The van der Waals surface area contributed by atoms with Crippen LogP contribution in [0.3, 0.4) is 0 Å². The van der Waals surface area contributed by atoms with Gasteiger partial charge in [-0.2, -0.15) is 0 Å². The lowest BCUT2D eigenvalue weighted by Crippen LogP contribution is -2.39. The van der Waals surface area contributed by atoms with Gasteiger partial charge < -0.3 is 10.2 Å². The topological polar surface area (TPSA) is 62.3 Å². The fraction of sp³-hybridized carbons (Fsp3) is 0.316. The Bertz CT molecular complexity index is 682. The van der Waals surface area contributed by atoms with Crippen LogP contribution in [-0.4, -0.2) is 23.3 Å². The molecule has 126 valence electrons. The molecule has 0 radical (unpaired) electrons. The molecule has 5 nitrogen and oxygen atoms in total. The van der Waals surface area contributed by atoms with Crippen molar-refractivity contribution in [2.45, 2.75) is 33.2 Å². The average Bonchev–Trinajstić information content (AvgIpc) is 2.58. The summed E-state index contributed by atoms with van der Waals surface area (Å²) in [7, 11) is 0. The first kappa shape index (κ1) is 17.7. The summed E-state index contributed by atoms with van der Waals surface area (Å²) in [6.07, 6.45) is 1.68. The van der Waals surface area contributed by atoms with Crippen molar-refractivity contribution in [3.05, 3.63) is 59.9 Å². The highest BCUT2D eigenvalue weighted by molar-refractivity contribution is 5.97. The Morgan fingerprint density at radius 2 is 1.83 bits per heavy atom. The number of amides is 2. The van der Waals surface area contributed by atoms with Crippen molar-refractivity contribution >= 4 is 17.5 Å². The molecule has 2 amide bonds. The van der Waals surface area contributed by atoms with E-state index in [1.54, 1.807) is 6.20 Å². The molecule has 2 rings (SSSR count). The van der Waals surface area contributed by atoms with E-state index in [0.717, 1.165) is 11.4 Å². The predicted molar refractivity (Wildman–Crippen MR) is 94.6 cm³/mol. The zero-order valence-electron chi connectivity index (χ0n) is 14.3. The van der Waals surface area contributed by atoms with Crippen molar-refractivity contribution in [2.24, 2.45) is 0 Å². The van der Waals surface area contributed by atoms with Gasteiger partial charge in [-0.05, 0) is 35.7 Å². The largest absolute Gasteiger partial charge is 0.349 e. The fourth-order valence-corrected chi connectivity index (χ4v) is 2.31. The molecule has 0 spiro atoms. The summed E-state index contributed by atoms with van der Waals surface area (Å²) in [5.74, 6) is 0.0376. The highest BCUT2D eigenvalue weighted by Gasteiger charge is 2.16. The minimum atomic E-state index is -0.219. The van der Waals surface area contributed by atoms with Crippen LogP contribution < -0.4 is 10.2 Å². The number of anilines is 1. The summed E-state index contributed by atoms with van der Waals surface area (Å²) in [5.41, 5.74) is 2.70. The number of carbonyl (C=O) groups is 2. The van der Waals surface area contributed by atoms with Gasteiger partial charge in [0, 0.05) is 18.8 Å². The van der Waals surface area contributed by atoms with Crippen LogP contribution in [0.2, 0.25) is 0 Å². The summed E-state index contributed by atoms with van der Waals surface area (Å²) < 4.78 is 0. The summed E-state index contributed by atoms with van der Waals surface area (Å²) in [4.78, 5) is 29.7. The molecule has 0 saturated carbocycles. The number of hydrogen-bond donors (Lipinski definition) is 1. The number of rotatable bonds is 6. The highest BCUT2D eigenvalue weighted by Crippen LogP contribution is 2.20. The van der Waals surface area contributed by atoms with E-state index >= 15 is 0 Å². The molecule has 0 aliphatic carbocycles. The number of pyridine rings is 1. The summed E-state index contributed by atoms with van der Waals surface area (Å²) in [5, 5.41) is 2.79. The van der Waals surface area contributed by atoms with Gasteiger partial charge in [0.15, 0.2) is 0 Å². The van der Waals surface area contributed by atoms with Gasteiger partial charge in [0.1, 0.15) is 6.54 Å². The van der Waals surface area contributed by atoms with E-state index in [0.29, 0.717) is 12.5 Å². The second-order valence-electron chi connectivity index (χ2n) is 5.95. The molecule has 5 heteroatoms. The molecule has 0 saturated heterocycles. The van der Waals surface area contributed by atoms with Crippen LogP contribution in [-0.2, 0) is 16.1 Å². The van der Waals surface area contributed by atoms with Crippen LogP contribution in [0.25, 0.3) is 0 Å². The minimum absolute atomic E-state index is 0.0107. The zero-order chi connectivity index (χ0) is 17.5. The molecular formula is C19H23N3O2. The SMILES string of the molecule is CC(=O)N(CC(=O)NCc1ccccn1)c1ccc(C(C)C)cc1. The first-order chi connectivity index (χ1) is 11.5. The Morgan fingerprint density at radius 3 is 2.38 bits per heavy atom. The lowest BCUT2D eigenvalue weighted by atomic mass is 10.0. The van der Waals surface area contributed by atoms with Crippen LogP contribution in [0.5, 0.6) is 0 Å². The number of hydrogen-bond acceptors (Lipinski definition) is 3. The Labute approximate surface area is 142 Å². The third-order valence-electron chi connectivity index (χ3n) is 3.75. The van der Waals surface area contributed by atoms with Gasteiger partial charge in [-0.15, -0.1) is 0 Å². The highest BCUT2D eigenvalue weighted by atomic mass is 16.2. The van der Waals surface area contributed by atoms with Crippen LogP contribution >= 0.6 is 0 Å². The van der Waals surface area contributed by atoms with Gasteiger partial charge in [-0.3, -0.25) is 14.6 Å². The second-order valence-corrected chi connectivity index (χ2v) is 5.95. The van der Waals surface area contributed by atoms with Crippen molar-refractivity contribution in [3.63, 3.8) is 0 Å². The van der Waals surface area contributed by atoms with Gasteiger partial charge in [0.25, 0.3) is 0 Å². The molecule has 1 heterocycles. The van der Waals surface area contributed by atoms with E-state index in [4.69, 9.17) is 0 Å². The molecular weight excluding hydrogens is 302 g/mol. The normalized spacial score (nSPS) is 10.5. The molecule has 0 fully saturated rings. The maximum atomic E-state index is 12.1. The van der Waals surface area contributed by atoms with Gasteiger partial charge in [-0.25, -0.2) is 0 Å². The number of carbonyl (C=O) groups excluding carboxylic acids is 2. The van der Waals surface area contributed by atoms with E-state index in [2.05, 4.69) is 24.1 Å². The molecule has 24 heavy (non-hydrogen) atoms. The minimum Gasteiger partial charge on any atom is -0.349 e. The van der Waals surface area contributed by atoms with Gasteiger partial charge >= 0.3 is 0 Å². The van der Waals surface area contributed by atoms with Crippen molar-refractivity contribution in [1.29, 1.82) is 0 Å².